The molecular formula is CH4ClNO2. The van der Waals surface area contributed by atoms with Crippen LogP contribution in [0.15, 0.2) is 0 Å². The third-order valence-corrected chi connectivity index (χ3v) is 0. The van der Waals surface area contributed by atoms with Crippen molar-refractivity contribution in [2.75, 3.05) is 0 Å². The maximum absolute atomic E-state index is 8.12. The first kappa shape index (κ1) is 23.0. The zero-order valence-corrected chi connectivity index (χ0v) is 3.45. The number of hydrogen-bond donors (Lipinski definition) is 1. The number of rotatable bonds is 0. The summed E-state index contributed by atoms with van der Waals surface area (Å²) >= 11 is 0. The van der Waals surface area contributed by atoms with E-state index >= 15 is 0 Å². The Kier molecular flexibility index (Phi) is 291. The first-order valence-electron chi connectivity index (χ1n) is 0.408. The van der Waals surface area contributed by atoms with Gasteiger partial charge in [-0.25, -0.2) is 0 Å². The van der Waals surface area contributed by atoms with Crippen LogP contribution in [0, 0.1) is 0 Å². The third kappa shape index (κ3) is 70.4. The highest BCUT2D eigenvalue weighted by molar-refractivity contribution is 5.20. The van der Waals surface area contributed by atoms with E-state index in [0.29, 0.717) is 0 Å². The summed E-state index contributed by atoms with van der Waals surface area (Å²) < 4.78 is 0. The molecule has 0 amide bonds. The van der Waals surface area contributed by atoms with Crippen molar-refractivity contribution in [1.29, 1.82) is 0 Å². The fourth-order valence-corrected chi connectivity index (χ4v) is 0. The summed E-state index contributed by atoms with van der Waals surface area (Å²) in [7, 11) is 0. The maximum atomic E-state index is 8.12. The minimum absolute atomic E-state index is 0. The Morgan fingerprint density at radius 2 is 1.20 bits per heavy atom. The van der Waals surface area contributed by atoms with Gasteiger partial charge in [0, 0.05) is 0 Å². The molecule has 5 heavy (non-hydrogen) atoms. The van der Waals surface area contributed by atoms with Crippen LogP contribution in [-0.2, 0) is 9.59 Å². The lowest BCUT2D eigenvalue weighted by Crippen LogP contribution is -3.00. The molecular weight excluding hydrogens is 93.5 g/mol. The molecule has 0 fully saturated rings. The van der Waals surface area contributed by atoms with Gasteiger partial charge in [0.15, 0.2) is 0 Å². The van der Waals surface area contributed by atoms with E-state index < -0.39 is 0 Å². The van der Waals surface area contributed by atoms with E-state index in [9.17, 15) is 0 Å². The molecule has 3 nitrogen and oxygen atoms in total. The molecule has 0 rings (SSSR count). The lowest BCUT2D eigenvalue weighted by Gasteiger charge is -1.00. The molecule has 0 heterocycles. The van der Waals surface area contributed by atoms with E-state index in [1.165, 1.54) is 0 Å². The normalized spacial score (nSPS) is 1.60. The summed E-state index contributed by atoms with van der Waals surface area (Å²) in [5.74, 6) is 0. The zero-order valence-electron chi connectivity index (χ0n) is 2.69. The van der Waals surface area contributed by atoms with Gasteiger partial charge >= 0.3 is 6.15 Å². The van der Waals surface area contributed by atoms with Crippen LogP contribution < -0.4 is 18.6 Å². The van der Waals surface area contributed by atoms with Crippen LogP contribution in [0.4, 0.5) is 0 Å². The fraction of sp³-hybridized carbons (Fsp3) is 0. The van der Waals surface area contributed by atoms with Crippen LogP contribution >= 0.6 is 0 Å². The Labute approximate surface area is 35.4 Å². The molecule has 0 aliphatic rings. The summed E-state index contributed by atoms with van der Waals surface area (Å²) in [6.07, 6.45) is 0.250. The number of carbonyl (C=O) groups excluding carboxylic acids is 2. The second-order valence-corrected chi connectivity index (χ2v) is 0.0833. The predicted octanol–water partition coefficient (Wildman–Crippen LogP) is -3.20. The smallest absolute Gasteiger partial charge is 0.373 e. The van der Waals surface area contributed by atoms with Crippen molar-refractivity contribution in [2.24, 2.45) is 0 Å². The molecule has 0 bridgehead atoms. The molecule has 0 aliphatic heterocycles. The van der Waals surface area contributed by atoms with Gasteiger partial charge in [-0.3, -0.25) is 0 Å². The molecule has 0 saturated heterocycles. The molecule has 4 N–H and O–H groups in total. The van der Waals surface area contributed by atoms with Crippen molar-refractivity contribution in [1.82, 2.24) is 6.15 Å². The maximum Gasteiger partial charge on any atom is 0.373 e. The third-order valence-electron chi connectivity index (χ3n) is 0. The van der Waals surface area contributed by atoms with Gasteiger partial charge in [0.25, 0.3) is 0 Å². The molecule has 4 heteroatoms. The molecule has 0 aliphatic carbocycles. The minimum Gasteiger partial charge on any atom is -1.00 e. The first-order valence-corrected chi connectivity index (χ1v) is 0.408. The van der Waals surface area contributed by atoms with Gasteiger partial charge in [0.2, 0.25) is 0 Å². The van der Waals surface area contributed by atoms with Crippen molar-refractivity contribution in [3.05, 3.63) is 0 Å². The van der Waals surface area contributed by atoms with E-state index in [2.05, 4.69) is 0 Å². The van der Waals surface area contributed by atoms with E-state index in [-0.39, 0.29) is 24.7 Å². The topological polar surface area (TPSA) is 70.6 Å². The van der Waals surface area contributed by atoms with Crippen LogP contribution in [-0.4, -0.2) is 6.15 Å². The summed E-state index contributed by atoms with van der Waals surface area (Å²) in [5, 5.41) is 0. The lowest BCUT2D eigenvalue weighted by molar-refractivity contribution is -0.191. The van der Waals surface area contributed by atoms with Crippen LogP contribution in [0.3, 0.4) is 0 Å². The van der Waals surface area contributed by atoms with E-state index in [1.807, 2.05) is 0 Å². The molecule has 0 spiro atoms. The fourth-order valence-electron chi connectivity index (χ4n) is 0. The average Bonchev–Trinajstić information content (AvgIpc) is 0.918. The molecule has 0 aromatic carbocycles. The van der Waals surface area contributed by atoms with Crippen molar-refractivity contribution < 1.29 is 22.0 Å². The van der Waals surface area contributed by atoms with E-state index in [1.54, 1.807) is 0 Å². The van der Waals surface area contributed by atoms with Crippen LogP contribution in [0.5, 0.6) is 0 Å². The quantitative estimate of drug-likeness (QED) is 0.346. The SMILES string of the molecule is O=C=O.[Cl-].[NH4+]. The van der Waals surface area contributed by atoms with Crippen molar-refractivity contribution in [3.8, 4) is 0 Å². The van der Waals surface area contributed by atoms with E-state index in [0.717, 1.165) is 0 Å². The van der Waals surface area contributed by atoms with E-state index in [4.69, 9.17) is 9.59 Å². The second kappa shape index (κ2) is 63.3. The Bertz CT molecular complexity index is 30.6. The van der Waals surface area contributed by atoms with Crippen molar-refractivity contribution in [2.45, 2.75) is 0 Å². The van der Waals surface area contributed by atoms with Crippen LogP contribution in [0.1, 0.15) is 0 Å². The lowest BCUT2D eigenvalue weighted by atomic mass is 11.8. The number of hydrogen-bond acceptors (Lipinski definition) is 2. The number of halogens is 1. The predicted molar refractivity (Wildman–Crippen MR) is 11.0 cm³/mol. The summed E-state index contributed by atoms with van der Waals surface area (Å²) in [6, 6.07) is 0. The second-order valence-electron chi connectivity index (χ2n) is 0.0833. The van der Waals surface area contributed by atoms with Gasteiger partial charge in [0.1, 0.15) is 0 Å². The molecule has 0 unspecified atom stereocenters. The Morgan fingerprint density at radius 3 is 1.20 bits per heavy atom. The van der Waals surface area contributed by atoms with Gasteiger partial charge in [-0.1, -0.05) is 0 Å². The first-order chi connectivity index (χ1) is 1.41. The molecule has 0 radical (unpaired) electrons. The number of quaternary nitrogens is 1. The van der Waals surface area contributed by atoms with Crippen molar-refractivity contribution in [3.63, 3.8) is 0 Å². The van der Waals surface area contributed by atoms with Gasteiger partial charge in [-0.15, -0.1) is 0 Å². The highest BCUT2D eigenvalue weighted by Crippen LogP contribution is 0.787. The monoisotopic (exact) mass is 97.0 g/mol. The minimum atomic E-state index is 0. The summed E-state index contributed by atoms with van der Waals surface area (Å²) in [5.41, 5.74) is 0. The van der Waals surface area contributed by atoms with Gasteiger partial charge < -0.3 is 18.6 Å². The summed E-state index contributed by atoms with van der Waals surface area (Å²) in [6.45, 7) is 0. The van der Waals surface area contributed by atoms with Crippen molar-refractivity contribution >= 4 is 6.15 Å². The highest BCUT2D eigenvalue weighted by atomic mass is 35.5. The standard InChI is InChI=1S/CO2.ClH.H3N/c2-1-3;;/h;1H;1H3. The zero-order chi connectivity index (χ0) is 2.71. The Morgan fingerprint density at radius 1 is 1.20 bits per heavy atom. The van der Waals surface area contributed by atoms with Gasteiger partial charge in [-0.05, 0) is 0 Å². The molecule has 0 aromatic rings. The highest BCUT2D eigenvalue weighted by Gasteiger charge is 1.13. The average molecular weight is 97.5 g/mol. The Balaban J connectivity index is -0.0000000200. The van der Waals surface area contributed by atoms with Gasteiger partial charge in [-0.2, -0.15) is 9.59 Å². The molecule has 0 aromatic heterocycles. The Hall–Kier alpha value is -0.370. The van der Waals surface area contributed by atoms with Crippen LogP contribution in [0.25, 0.3) is 0 Å². The van der Waals surface area contributed by atoms with Gasteiger partial charge in [0.05, 0.1) is 0 Å². The molecule has 0 saturated carbocycles. The molecule has 0 atom stereocenters. The molecule has 32 valence electrons. The summed E-state index contributed by atoms with van der Waals surface area (Å²) in [4.78, 5) is 16.2. The van der Waals surface area contributed by atoms with Crippen LogP contribution in [0.2, 0.25) is 0 Å². The largest absolute Gasteiger partial charge is 1.00 e.